The molecule has 0 saturated heterocycles. The number of hydrogen-bond acceptors (Lipinski definition) is 2. The van der Waals surface area contributed by atoms with E-state index in [2.05, 4.69) is 24.3 Å². The second-order valence-electron chi connectivity index (χ2n) is 7.60. The fourth-order valence-electron chi connectivity index (χ4n) is 3.24. The molecule has 0 unspecified atom stereocenters. The fourth-order valence-corrected chi connectivity index (χ4v) is 3.24. The molecule has 3 nitrogen and oxygen atoms in total. The van der Waals surface area contributed by atoms with Crippen LogP contribution in [0.15, 0.2) is 12.2 Å². The lowest BCUT2D eigenvalue weighted by Crippen LogP contribution is -2.49. The van der Waals surface area contributed by atoms with E-state index in [1.54, 1.807) is 6.92 Å². The molecular formula is C25H38NO2+. The van der Waals surface area contributed by atoms with Gasteiger partial charge >= 0.3 is 5.97 Å². The average molecular weight is 385 g/mol. The summed E-state index contributed by atoms with van der Waals surface area (Å²) in [7, 11) is 0. The van der Waals surface area contributed by atoms with Gasteiger partial charge in [0, 0.05) is 5.57 Å². The van der Waals surface area contributed by atoms with Gasteiger partial charge in [-0.15, -0.1) is 19.3 Å². The number of nitrogens with zero attached hydrogens (tertiary/aromatic N) is 1. The number of hydrogen-bond donors (Lipinski definition) is 0. The normalized spacial score (nSPS) is 10.5. The Morgan fingerprint density at radius 3 is 1.57 bits per heavy atom. The van der Waals surface area contributed by atoms with E-state index in [1.807, 2.05) is 0 Å². The second-order valence-corrected chi connectivity index (χ2v) is 7.60. The first-order chi connectivity index (χ1) is 13.5. The zero-order chi connectivity index (χ0) is 21.1. The predicted octanol–water partition coefficient (Wildman–Crippen LogP) is 4.72. The van der Waals surface area contributed by atoms with Gasteiger partial charge in [0.05, 0.1) is 13.2 Å². The maximum Gasteiger partial charge on any atom is 0.333 e. The molecule has 154 valence electrons. The predicted molar refractivity (Wildman–Crippen MR) is 118 cm³/mol. The van der Waals surface area contributed by atoms with Crippen molar-refractivity contribution in [3.05, 3.63) is 12.2 Å². The van der Waals surface area contributed by atoms with E-state index in [0.717, 1.165) is 25.8 Å². The van der Waals surface area contributed by atoms with E-state index in [9.17, 15) is 4.79 Å². The number of terminal acetylenes is 3. The third-order valence-corrected chi connectivity index (χ3v) is 4.89. The monoisotopic (exact) mass is 384 g/mol. The van der Waals surface area contributed by atoms with Crippen molar-refractivity contribution in [3.63, 3.8) is 0 Å². The highest BCUT2D eigenvalue weighted by atomic mass is 16.5. The zero-order valence-electron chi connectivity index (χ0n) is 17.8. The Kier molecular flexibility index (Phi) is 15.7. The van der Waals surface area contributed by atoms with Gasteiger partial charge in [-0.3, -0.25) is 4.48 Å². The van der Waals surface area contributed by atoms with Crippen LogP contribution >= 0.6 is 0 Å². The van der Waals surface area contributed by atoms with E-state index >= 15 is 0 Å². The Hall–Kier alpha value is -2.15. The van der Waals surface area contributed by atoms with Gasteiger partial charge in [-0.2, -0.15) is 0 Å². The molecule has 0 atom stereocenters. The Balaban J connectivity index is 3.62. The molecule has 0 aliphatic rings. The van der Waals surface area contributed by atoms with Gasteiger partial charge in [0.15, 0.2) is 0 Å². The maximum atomic E-state index is 11.2. The van der Waals surface area contributed by atoms with E-state index in [1.165, 1.54) is 44.9 Å². The van der Waals surface area contributed by atoms with Gasteiger partial charge in [-0.05, 0) is 43.9 Å². The molecule has 0 aromatic heterocycles. The summed E-state index contributed by atoms with van der Waals surface area (Å²) in [5.74, 6) is 7.92. The van der Waals surface area contributed by atoms with Gasteiger partial charge in [-0.25, -0.2) is 4.79 Å². The van der Waals surface area contributed by atoms with Gasteiger partial charge in [0.25, 0.3) is 0 Å². The van der Waals surface area contributed by atoms with E-state index in [-0.39, 0.29) is 5.97 Å². The molecule has 0 amide bonds. The first kappa shape index (κ1) is 25.9. The number of quaternary nitrogens is 1. The smallest absolute Gasteiger partial charge is 0.333 e. The summed E-state index contributed by atoms with van der Waals surface area (Å²) < 4.78 is 5.74. The fraction of sp³-hybridized carbons (Fsp3) is 0.640. The van der Waals surface area contributed by atoms with Crippen LogP contribution in [-0.2, 0) is 9.53 Å². The molecule has 0 aromatic carbocycles. The van der Waals surface area contributed by atoms with Crippen molar-refractivity contribution in [1.29, 1.82) is 0 Å². The summed E-state index contributed by atoms with van der Waals surface area (Å²) in [5.41, 5.74) is 0.466. The number of ether oxygens (including phenoxy) is 1. The molecule has 0 N–H and O–H groups in total. The summed E-state index contributed by atoms with van der Waals surface area (Å²) in [6, 6.07) is 0. The van der Waals surface area contributed by atoms with Gasteiger partial charge in [-0.1, -0.05) is 51.5 Å². The highest BCUT2D eigenvalue weighted by molar-refractivity contribution is 5.86. The largest absolute Gasteiger partial charge is 0.462 e. The van der Waals surface area contributed by atoms with Crippen molar-refractivity contribution in [1.82, 2.24) is 0 Å². The lowest BCUT2D eigenvalue weighted by molar-refractivity contribution is -0.908. The Labute approximate surface area is 173 Å². The Morgan fingerprint density at radius 1 is 0.786 bits per heavy atom. The third-order valence-electron chi connectivity index (χ3n) is 4.89. The molecule has 0 bridgehead atoms. The number of unbranched alkanes of at least 4 members (excludes halogenated alkanes) is 9. The summed E-state index contributed by atoms with van der Waals surface area (Å²) in [6.07, 6.45) is 28.4. The SMILES string of the molecule is C#CC[N+](CC#C)(CC#C)CCCCCCCCCCCCOC(=O)C(=C)C. The number of carbonyl (C=O) groups is 1. The Morgan fingerprint density at radius 2 is 1.18 bits per heavy atom. The van der Waals surface area contributed by atoms with Crippen LogP contribution in [-0.4, -0.2) is 43.2 Å². The molecule has 0 fully saturated rings. The average Bonchev–Trinajstić information content (AvgIpc) is 2.65. The molecule has 0 heterocycles. The molecule has 0 rings (SSSR count). The van der Waals surface area contributed by atoms with Crippen molar-refractivity contribution < 1.29 is 14.0 Å². The van der Waals surface area contributed by atoms with Gasteiger partial charge in [0.2, 0.25) is 0 Å². The molecule has 0 saturated carbocycles. The van der Waals surface area contributed by atoms with Gasteiger partial charge in [0.1, 0.15) is 19.6 Å². The second kappa shape index (κ2) is 17.0. The molecule has 0 aromatic rings. The zero-order valence-corrected chi connectivity index (χ0v) is 17.8. The van der Waals surface area contributed by atoms with Crippen molar-refractivity contribution >= 4 is 5.97 Å². The maximum absolute atomic E-state index is 11.2. The molecule has 28 heavy (non-hydrogen) atoms. The number of esters is 1. The quantitative estimate of drug-likeness (QED) is 0.119. The molecular weight excluding hydrogens is 346 g/mol. The minimum Gasteiger partial charge on any atom is -0.462 e. The first-order valence-corrected chi connectivity index (χ1v) is 10.5. The van der Waals surface area contributed by atoms with Crippen molar-refractivity contribution in [2.45, 2.75) is 71.1 Å². The molecule has 0 aliphatic heterocycles. The van der Waals surface area contributed by atoms with E-state index < -0.39 is 0 Å². The first-order valence-electron chi connectivity index (χ1n) is 10.5. The molecule has 0 aliphatic carbocycles. The van der Waals surface area contributed by atoms with Crippen molar-refractivity contribution in [2.75, 3.05) is 32.8 Å². The third kappa shape index (κ3) is 13.1. The summed E-state index contributed by atoms with van der Waals surface area (Å²) >= 11 is 0. The lowest BCUT2D eigenvalue weighted by atomic mass is 10.1. The minimum absolute atomic E-state index is 0.283. The minimum atomic E-state index is -0.283. The topological polar surface area (TPSA) is 26.3 Å². The number of carbonyl (C=O) groups excluding carboxylic acids is 1. The molecule has 3 heteroatoms. The van der Waals surface area contributed by atoms with Crippen LogP contribution in [0, 0.1) is 37.0 Å². The van der Waals surface area contributed by atoms with Gasteiger partial charge < -0.3 is 4.74 Å². The van der Waals surface area contributed by atoms with Crippen molar-refractivity contribution in [2.24, 2.45) is 0 Å². The summed E-state index contributed by atoms with van der Waals surface area (Å²) in [5, 5.41) is 0. The standard InChI is InChI=1S/C25H38NO2/c1-6-19-26(20-7-2,21-8-3)22-17-15-13-11-9-10-12-14-16-18-23-28-25(27)24(4)5/h1-3H,4,9-23H2,5H3/q+1. The Bertz CT molecular complexity index is 530. The summed E-state index contributed by atoms with van der Waals surface area (Å²) in [4.78, 5) is 11.2. The molecule has 0 radical (unpaired) electrons. The highest BCUT2D eigenvalue weighted by Gasteiger charge is 2.23. The van der Waals surface area contributed by atoms with E-state index in [0.29, 0.717) is 36.3 Å². The van der Waals surface area contributed by atoms with Crippen molar-refractivity contribution in [3.8, 4) is 37.0 Å². The van der Waals surface area contributed by atoms with Crippen LogP contribution in [0.3, 0.4) is 0 Å². The van der Waals surface area contributed by atoms with E-state index in [4.69, 9.17) is 24.0 Å². The van der Waals surface area contributed by atoms with Crippen LogP contribution in [0.4, 0.5) is 0 Å². The number of rotatable bonds is 17. The van der Waals surface area contributed by atoms with Crippen LogP contribution in [0.25, 0.3) is 0 Å². The van der Waals surface area contributed by atoms with Crippen LogP contribution in [0.5, 0.6) is 0 Å². The molecule has 0 spiro atoms. The lowest BCUT2D eigenvalue weighted by Gasteiger charge is -2.33. The summed E-state index contributed by atoms with van der Waals surface area (Å²) in [6.45, 7) is 8.55. The highest BCUT2D eigenvalue weighted by Crippen LogP contribution is 2.13. The van der Waals surface area contributed by atoms with Crippen LogP contribution < -0.4 is 0 Å². The van der Waals surface area contributed by atoms with Crippen LogP contribution in [0.1, 0.15) is 71.1 Å². The van der Waals surface area contributed by atoms with Crippen LogP contribution in [0.2, 0.25) is 0 Å².